The SMILES string of the molecule is C=CC(=C)C.C=CC(=C)C.C=CC=C.C=Cc1ccccc1.C=Cc1ccccc1. The van der Waals surface area contributed by atoms with E-state index in [1.807, 2.05) is 86.7 Å². The minimum atomic E-state index is 1.02. The van der Waals surface area contributed by atoms with Crippen molar-refractivity contribution < 1.29 is 0 Å². The molecule has 0 aromatic heterocycles. The molecule has 0 heteroatoms. The normalized spacial score (nSPS) is 7.40. The van der Waals surface area contributed by atoms with Gasteiger partial charge in [-0.15, -0.1) is 0 Å². The molecule has 0 saturated carbocycles. The highest BCUT2D eigenvalue weighted by Crippen LogP contribution is 1.98. The highest BCUT2D eigenvalue weighted by Gasteiger charge is 1.76. The average Bonchev–Trinajstić information content (AvgIpc) is 2.81. The topological polar surface area (TPSA) is 0 Å². The molecule has 0 spiro atoms. The Morgan fingerprint density at radius 1 is 0.533 bits per heavy atom. The van der Waals surface area contributed by atoms with Crippen LogP contribution in [0.4, 0.5) is 0 Å². The number of benzene rings is 2. The van der Waals surface area contributed by atoms with E-state index in [0.29, 0.717) is 0 Å². The van der Waals surface area contributed by atoms with E-state index < -0.39 is 0 Å². The van der Waals surface area contributed by atoms with E-state index >= 15 is 0 Å². The molecule has 0 aliphatic rings. The van der Waals surface area contributed by atoms with Gasteiger partial charge >= 0.3 is 0 Å². The average molecular weight is 399 g/mol. The van der Waals surface area contributed by atoms with Crippen LogP contribution in [0.5, 0.6) is 0 Å². The summed E-state index contributed by atoms with van der Waals surface area (Å²) in [4.78, 5) is 0. The van der Waals surface area contributed by atoms with Gasteiger partial charge in [0.15, 0.2) is 0 Å². The lowest BCUT2D eigenvalue weighted by Crippen LogP contribution is -1.63. The van der Waals surface area contributed by atoms with E-state index in [4.69, 9.17) is 0 Å². The minimum Gasteiger partial charge on any atom is -0.0991 e. The van der Waals surface area contributed by atoms with E-state index in [1.54, 1.807) is 24.3 Å². The van der Waals surface area contributed by atoms with Gasteiger partial charge in [-0.1, -0.05) is 161 Å². The predicted molar refractivity (Wildman–Crippen MR) is 143 cm³/mol. The maximum Gasteiger partial charge on any atom is -0.0263 e. The fourth-order valence-electron chi connectivity index (χ4n) is 1.18. The van der Waals surface area contributed by atoms with Crippen molar-refractivity contribution in [2.24, 2.45) is 0 Å². The van der Waals surface area contributed by atoms with Gasteiger partial charge in [0.1, 0.15) is 0 Å². The van der Waals surface area contributed by atoms with Crippen molar-refractivity contribution >= 4 is 12.2 Å². The largest absolute Gasteiger partial charge is 0.0991 e. The summed E-state index contributed by atoms with van der Waals surface area (Å²) in [5, 5.41) is 0. The molecule has 0 bridgehead atoms. The van der Waals surface area contributed by atoms with Crippen molar-refractivity contribution in [3.8, 4) is 0 Å². The fraction of sp³-hybridized carbons (Fsp3) is 0.0667. The molecule has 0 nitrogen and oxygen atoms in total. The van der Waals surface area contributed by atoms with E-state index in [9.17, 15) is 0 Å². The molecule has 0 amide bonds. The highest BCUT2D eigenvalue weighted by atomic mass is 13.8. The second-order valence-corrected chi connectivity index (χ2v) is 5.80. The van der Waals surface area contributed by atoms with E-state index in [0.717, 1.165) is 11.1 Å². The van der Waals surface area contributed by atoms with Crippen LogP contribution in [0.25, 0.3) is 12.2 Å². The Bertz CT molecular complexity index is 676. The Hall–Kier alpha value is -3.64. The first-order valence-electron chi connectivity index (χ1n) is 9.47. The van der Waals surface area contributed by atoms with Crippen LogP contribution >= 0.6 is 0 Å². The second kappa shape index (κ2) is 25.4. The smallest absolute Gasteiger partial charge is 0.0263 e. The van der Waals surface area contributed by atoms with E-state index in [-0.39, 0.29) is 0 Å². The minimum absolute atomic E-state index is 1.02. The quantitative estimate of drug-likeness (QED) is 0.440. The monoisotopic (exact) mass is 398 g/mol. The van der Waals surface area contributed by atoms with Crippen molar-refractivity contribution in [1.82, 2.24) is 0 Å². The first kappa shape index (κ1) is 31.1. The van der Waals surface area contributed by atoms with Crippen molar-refractivity contribution in [2.45, 2.75) is 13.8 Å². The zero-order chi connectivity index (χ0) is 23.6. The van der Waals surface area contributed by atoms with Crippen LogP contribution in [0.15, 0.2) is 149 Å². The van der Waals surface area contributed by atoms with Gasteiger partial charge < -0.3 is 0 Å². The molecule has 0 aliphatic carbocycles. The molecule has 0 atom stereocenters. The zero-order valence-electron chi connectivity index (χ0n) is 18.9. The summed E-state index contributed by atoms with van der Waals surface area (Å²) in [7, 11) is 0. The highest BCUT2D eigenvalue weighted by molar-refractivity contribution is 5.46. The van der Waals surface area contributed by atoms with Crippen LogP contribution in [0, 0.1) is 0 Å². The molecule has 0 fully saturated rings. The summed E-state index contributed by atoms with van der Waals surface area (Å²) in [6, 6.07) is 20.1. The van der Waals surface area contributed by atoms with Gasteiger partial charge in [-0.3, -0.25) is 0 Å². The molecule has 0 saturated heterocycles. The van der Waals surface area contributed by atoms with Crippen molar-refractivity contribution in [3.63, 3.8) is 0 Å². The number of rotatable bonds is 5. The van der Waals surface area contributed by atoms with E-state index in [2.05, 4.69) is 52.6 Å². The molecule has 0 radical (unpaired) electrons. The van der Waals surface area contributed by atoms with Gasteiger partial charge in [0, 0.05) is 0 Å². The van der Waals surface area contributed by atoms with Crippen LogP contribution in [-0.4, -0.2) is 0 Å². The molecule has 0 N–H and O–H groups in total. The number of hydrogen-bond acceptors (Lipinski definition) is 0. The van der Waals surface area contributed by atoms with Crippen LogP contribution in [-0.2, 0) is 0 Å². The Morgan fingerprint density at radius 2 is 0.767 bits per heavy atom. The van der Waals surface area contributed by atoms with Crippen LogP contribution in [0.1, 0.15) is 25.0 Å². The van der Waals surface area contributed by atoms with Crippen LogP contribution in [0.2, 0.25) is 0 Å². The molecule has 0 unspecified atom stereocenters. The maximum atomic E-state index is 3.63. The Balaban J connectivity index is -0.000000314. The van der Waals surface area contributed by atoms with Gasteiger partial charge in [-0.2, -0.15) is 0 Å². The van der Waals surface area contributed by atoms with Gasteiger partial charge in [-0.05, 0) is 25.0 Å². The lowest BCUT2D eigenvalue weighted by atomic mass is 10.2. The Morgan fingerprint density at radius 3 is 0.867 bits per heavy atom. The third kappa shape index (κ3) is 29.1. The van der Waals surface area contributed by atoms with Crippen molar-refractivity contribution in [2.75, 3.05) is 0 Å². The fourth-order valence-corrected chi connectivity index (χ4v) is 1.18. The summed E-state index contributed by atoms with van der Waals surface area (Å²) < 4.78 is 0. The summed E-state index contributed by atoms with van der Waals surface area (Å²) >= 11 is 0. The number of hydrogen-bond donors (Lipinski definition) is 0. The molecular formula is C30H38. The summed E-state index contributed by atoms with van der Waals surface area (Å²) in [6.45, 7) is 31.8. The zero-order valence-corrected chi connectivity index (χ0v) is 18.9. The van der Waals surface area contributed by atoms with Crippen molar-refractivity contribution in [1.29, 1.82) is 0 Å². The molecule has 0 heterocycles. The lowest BCUT2D eigenvalue weighted by molar-refractivity contribution is 1.58. The molecule has 2 aromatic carbocycles. The lowest BCUT2D eigenvalue weighted by Gasteiger charge is -1.85. The van der Waals surface area contributed by atoms with Gasteiger partial charge in [0.25, 0.3) is 0 Å². The van der Waals surface area contributed by atoms with E-state index in [1.165, 1.54) is 11.1 Å². The number of allylic oxidation sites excluding steroid dienone is 6. The standard InChI is InChI=1S/2C8H8.2C5H8.C4H6/c2*1-2-8-6-4-3-5-7-8;2*1-4-5(2)3;1-3-4-2/h2*2-7H,1H2;2*4H,1-2H2,3H3;3-4H,1-2H2. The molecule has 30 heavy (non-hydrogen) atoms. The van der Waals surface area contributed by atoms with Crippen LogP contribution < -0.4 is 0 Å². The van der Waals surface area contributed by atoms with Gasteiger partial charge in [-0.25, -0.2) is 0 Å². The second-order valence-electron chi connectivity index (χ2n) is 5.80. The Kier molecular flexibility index (Phi) is 26.3. The third-order valence-electron chi connectivity index (χ3n) is 2.93. The first-order valence-corrected chi connectivity index (χ1v) is 9.47. The van der Waals surface area contributed by atoms with Crippen LogP contribution in [0.3, 0.4) is 0 Å². The summed E-state index contributed by atoms with van der Waals surface area (Å²) in [5.74, 6) is 0. The molecule has 0 aliphatic heterocycles. The Labute approximate surface area is 186 Å². The molecular weight excluding hydrogens is 360 g/mol. The van der Waals surface area contributed by atoms with Gasteiger partial charge in [0.05, 0.1) is 0 Å². The molecule has 2 aromatic rings. The predicted octanol–water partition coefficient (Wildman–Crippen LogP) is 9.51. The van der Waals surface area contributed by atoms with Crippen molar-refractivity contribution in [3.05, 3.63) is 160 Å². The summed E-state index contributed by atoms with van der Waals surface area (Å²) in [5.41, 5.74) is 4.38. The first-order chi connectivity index (χ1) is 14.3. The molecule has 158 valence electrons. The van der Waals surface area contributed by atoms with Gasteiger partial charge in [0.2, 0.25) is 0 Å². The molecule has 2 rings (SSSR count). The third-order valence-corrected chi connectivity index (χ3v) is 2.93. The maximum absolute atomic E-state index is 3.63. The summed E-state index contributed by atoms with van der Waals surface area (Å²) in [6.07, 6.45) is 10.4.